The van der Waals surface area contributed by atoms with E-state index in [1.807, 2.05) is 31.7 Å². The number of nitrogens with one attached hydrogen (secondary N) is 2. The fourth-order valence-electron chi connectivity index (χ4n) is 3.46. The third-order valence-electron chi connectivity index (χ3n) is 5.09. The number of nitrogens with zero attached hydrogens (tertiary/aromatic N) is 4. The van der Waals surface area contributed by atoms with Crippen LogP contribution in [-0.4, -0.2) is 44.7 Å². The summed E-state index contributed by atoms with van der Waals surface area (Å²) in [6, 6.07) is 4.81. The lowest BCUT2D eigenvalue weighted by Gasteiger charge is -2.22. The first-order valence-corrected chi connectivity index (χ1v) is 9.68. The number of likely N-dealkylation sites (tertiary alicyclic amines) is 1. The minimum atomic E-state index is -0.316. The van der Waals surface area contributed by atoms with Crippen LogP contribution in [0, 0.1) is 12.8 Å². The number of carbonyl (C=O) groups excluding carboxylic acids is 2. The Morgan fingerprint density at radius 1 is 1.18 bits per heavy atom. The molecule has 1 aromatic heterocycles. The van der Waals surface area contributed by atoms with Crippen LogP contribution in [0.2, 0.25) is 0 Å². The molecule has 2 aromatic rings. The van der Waals surface area contributed by atoms with Crippen molar-refractivity contribution in [2.45, 2.75) is 39.7 Å². The standard InChI is InChI=1S/C20H28N6O2/c1-13(2)17(18-21-12-22-25(18)4)24-20(28)23-16-8-7-15(11-14(16)3)19(27)26-9-5-6-10-26/h7-8,11-13,17H,5-6,9-10H2,1-4H3,(H2,23,24,28)/t17-/m0/s1. The first-order chi connectivity index (χ1) is 13.4. The highest BCUT2D eigenvalue weighted by molar-refractivity contribution is 5.96. The second-order valence-corrected chi connectivity index (χ2v) is 7.59. The number of benzene rings is 1. The van der Waals surface area contributed by atoms with Gasteiger partial charge in [0.1, 0.15) is 12.2 Å². The van der Waals surface area contributed by atoms with Crippen molar-refractivity contribution in [2.24, 2.45) is 13.0 Å². The van der Waals surface area contributed by atoms with Crippen molar-refractivity contribution in [3.05, 3.63) is 41.5 Å². The van der Waals surface area contributed by atoms with E-state index in [4.69, 9.17) is 0 Å². The van der Waals surface area contributed by atoms with Crippen LogP contribution in [0.3, 0.4) is 0 Å². The molecule has 8 heteroatoms. The maximum Gasteiger partial charge on any atom is 0.319 e. The van der Waals surface area contributed by atoms with Crippen LogP contribution in [0.15, 0.2) is 24.5 Å². The van der Waals surface area contributed by atoms with Crippen molar-refractivity contribution < 1.29 is 9.59 Å². The third-order valence-corrected chi connectivity index (χ3v) is 5.09. The number of aryl methyl sites for hydroxylation is 2. The van der Waals surface area contributed by atoms with Crippen molar-refractivity contribution >= 4 is 17.6 Å². The van der Waals surface area contributed by atoms with E-state index in [1.54, 1.807) is 23.9 Å². The topological polar surface area (TPSA) is 92.2 Å². The highest BCUT2D eigenvalue weighted by Gasteiger charge is 2.23. The average molecular weight is 384 g/mol. The molecule has 1 fully saturated rings. The number of amides is 3. The van der Waals surface area contributed by atoms with Crippen LogP contribution in [0.25, 0.3) is 0 Å². The second-order valence-electron chi connectivity index (χ2n) is 7.59. The monoisotopic (exact) mass is 384 g/mol. The molecule has 0 bridgehead atoms. The van der Waals surface area contributed by atoms with E-state index in [0.717, 1.165) is 31.5 Å². The summed E-state index contributed by atoms with van der Waals surface area (Å²) in [6.45, 7) is 7.56. The van der Waals surface area contributed by atoms with Crippen molar-refractivity contribution in [3.8, 4) is 0 Å². The van der Waals surface area contributed by atoms with E-state index in [2.05, 4.69) is 20.7 Å². The van der Waals surface area contributed by atoms with Gasteiger partial charge in [-0.1, -0.05) is 13.8 Å². The Morgan fingerprint density at radius 3 is 2.46 bits per heavy atom. The zero-order chi connectivity index (χ0) is 20.3. The molecule has 1 aliphatic rings. The molecule has 2 N–H and O–H groups in total. The van der Waals surface area contributed by atoms with E-state index >= 15 is 0 Å². The fraction of sp³-hybridized carbons (Fsp3) is 0.500. The molecule has 2 heterocycles. The molecule has 3 amide bonds. The molecule has 3 rings (SSSR count). The molecule has 0 spiro atoms. The van der Waals surface area contributed by atoms with E-state index < -0.39 is 0 Å². The molecule has 150 valence electrons. The van der Waals surface area contributed by atoms with Crippen LogP contribution in [0.5, 0.6) is 0 Å². The van der Waals surface area contributed by atoms with Gasteiger partial charge < -0.3 is 15.5 Å². The zero-order valence-electron chi connectivity index (χ0n) is 16.9. The van der Waals surface area contributed by atoms with Gasteiger partial charge in [0.2, 0.25) is 0 Å². The molecule has 0 aliphatic carbocycles. The number of rotatable bonds is 5. The quantitative estimate of drug-likeness (QED) is 0.829. The molecule has 1 aliphatic heterocycles. The van der Waals surface area contributed by atoms with Gasteiger partial charge in [-0.15, -0.1) is 0 Å². The molecule has 0 unspecified atom stereocenters. The lowest BCUT2D eigenvalue weighted by molar-refractivity contribution is 0.0792. The summed E-state index contributed by atoms with van der Waals surface area (Å²) < 4.78 is 1.66. The van der Waals surface area contributed by atoms with Crippen LogP contribution in [0.1, 0.15) is 54.5 Å². The summed E-state index contributed by atoms with van der Waals surface area (Å²) in [7, 11) is 1.80. The summed E-state index contributed by atoms with van der Waals surface area (Å²) >= 11 is 0. The molecule has 1 aromatic carbocycles. The summed E-state index contributed by atoms with van der Waals surface area (Å²) in [5.41, 5.74) is 2.18. The summed E-state index contributed by atoms with van der Waals surface area (Å²) in [4.78, 5) is 31.2. The Labute approximate surface area is 165 Å². The molecule has 1 saturated heterocycles. The Hall–Kier alpha value is -2.90. The van der Waals surface area contributed by atoms with Crippen LogP contribution < -0.4 is 10.6 Å². The number of anilines is 1. The maximum absolute atomic E-state index is 12.6. The minimum absolute atomic E-state index is 0.0544. The predicted octanol–water partition coefficient (Wildman–Crippen LogP) is 2.88. The van der Waals surface area contributed by atoms with Crippen LogP contribution >= 0.6 is 0 Å². The Bertz CT molecular complexity index is 854. The largest absolute Gasteiger partial charge is 0.339 e. The predicted molar refractivity (Wildman–Crippen MR) is 107 cm³/mol. The van der Waals surface area contributed by atoms with Crippen molar-refractivity contribution in [1.82, 2.24) is 25.0 Å². The lowest BCUT2D eigenvalue weighted by Crippen LogP contribution is -2.36. The van der Waals surface area contributed by atoms with Crippen LogP contribution in [-0.2, 0) is 7.05 Å². The van der Waals surface area contributed by atoms with Gasteiger partial charge in [0.25, 0.3) is 5.91 Å². The number of carbonyl (C=O) groups is 2. The Kier molecular flexibility index (Phi) is 5.96. The van der Waals surface area contributed by atoms with Gasteiger partial charge in [0, 0.05) is 31.4 Å². The van der Waals surface area contributed by atoms with Gasteiger partial charge in [-0.25, -0.2) is 9.78 Å². The number of hydrogen-bond acceptors (Lipinski definition) is 4. The molecule has 28 heavy (non-hydrogen) atoms. The van der Waals surface area contributed by atoms with E-state index in [9.17, 15) is 9.59 Å². The SMILES string of the molecule is Cc1cc(C(=O)N2CCCC2)ccc1NC(=O)N[C@H](c1ncnn1C)C(C)C. The second kappa shape index (κ2) is 8.41. The van der Waals surface area contributed by atoms with E-state index in [0.29, 0.717) is 17.1 Å². The zero-order valence-corrected chi connectivity index (χ0v) is 16.9. The smallest absolute Gasteiger partial charge is 0.319 e. The summed E-state index contributed by atoms with van der Waals surface area (Å²) in [5, 5.41) is 9.93. The van der Waals surface area contributed by atoms with Gasteiger partial charge in [-0.2, -0.15) is 5.10 Å². The van der Waals surface area contributed by atoms with Gasteiger partial charge in [0.05, 0.1) is 6.04 Å². The Balaban J connectivity index is 1.68. The number of urea groups is 1. The number of hydrogen-bond donors (Lipinski definition) is 2. The lowest BCUT2D eigenvalue weighted by atomic mass is 10.0. The van der Waals surface area contributed by atoms with Gasteiger partial charge in [0.15, 0.2) is 0 Å². The molecule has 1 atom stereocenters. The van der Waals surface area contributed by atoms with Crippen molar-refractivity contribution in [3.63, 3.8) is 0 Å². The van der Waals surface area contributed by atoms with Crippen LogP contribution in [0.4, 0.5) is 10.5 Å². The van der Waals surface area contributed by atoms with Crippen molar-refractivity contribution in [2.75, 3.05) is 18.4 Å². The summed E-state index contributed by atoms with van der Waals surface area (Å²) in [5.74, 6) is 0.905. The van der Waals surface area contributed by atoms with E-state index in [1.165, 1.54) is 6.33 Å². The van der Waals surface area contributed by atoms with Gasteiger partial charge >= 0.3 is 6.03 Å². The molecule has 0 saturated carbocycles. The molecule has 0 radical (unpaired) electrons. The molecular formula is C20H28N6O2. The normalized spacial score (nSPS) is 15.0. The van der Waals surface area contributed by atoms with Gasteiger partial charge in [-0.3, -0.25) is 9.48 Å². The first kappa shape index (κ1) is 19.9. The highest BCUT2D eigenvalue weighted by Crippen LogP contribution is 2.22. The van der Waals surface area contributed by atoms with E-state index in [-0.39, 0.29) is 23.9 Å². The maximum atomic E-state index is 12.6. The van der Waals surface area contributed by atoms with Gasteiger partial charge in [-0.05, 0) is 49.4 Å². The third kappa shape index (κ3) is 4.32. The fourth-order valence-corrected chi connectivity index (χ4v) is 3.46. The summed E-state index contributed by atoms with van der Waals surface area (Å²) in [6.07, 6.45) is 3.60. The highest BCUT2D eigenvalue weighted by atomic mass is 16.2. The first-order valence-electron chi connectivity index (χ1n) is 9.68. The Morgan fingerprint density at radius 2 is 1.89 bits per heavy atom. The van der Waals surface area contributed by atoms with Crippen molar-refractivity contribution in [1.29, 1.82) is 0 Å². The number of aromatic nitrogens is 3. The molecule has 8 nitrogen and oxygen atoms in total. The minimum Gasteiger partial charge on any atom is -0.339 e. The average Bonchev–Trinajstić information content (AvgIpc) is 3.32. The molecular weight excluding hydrogens is 356 g/mol.